The maximum absolute atomic E-state index is 12.3. The van der Waals surface area contributed by atoms with E-state index in [2.05, 4.69) is 20.4 Å². The summed E-state index contributed by atoms with van der Waals surface area (Å²) in [6, 6.07) is 9.74. The van der Waals surface area contributed by atoms with Crippen LogP contribution in [0, 0.1) is 6.92 Å². The lowest BCUT2D eigenvalue weighted by atomic mass is 10.3. The van der Waals surface area contributed by atoms with Crippen molar-refractivity contribution in [2.45, 2.75) is 19.9 Å². The highest BCUT2D eigenvalue weighted by Gasteiger charge is 2.18. The Kier molecular flexibility index (Phi) is 3.46. The summed E-state index contributed by atoms with van der Waals surface area (Å²) in [6.45, 7) is 3.38. The third kappa shape index (κ3) is 2.60. The Bertz CT molecular complexity index is 863. The summed E-state index contributed by atoms with van der Waals surface area (Å²) >= 11 is 0. The molecule has 0 spiro atoms. The molecule has 3 rings (SSSR count). The van der Waals surface area contributed by atoms with E-state index in [1.54, 1.807) is 19.9 Å². The second-order valence-corrected chi connectivity index (χ2v) is 5.03. The summed E-state index contributed by atoms with van der Waals surface area (Å²) in [5, 5.41) is 6.76. The molecule has 2 N–H and O–H groups in total. The van der Waals surface area contributed by atoms with Crippen LogP contribution in [0.4, 0.5) is 5.95 Å². The Hall–Kier alpha value is -2.96. The molecule has 3 aromatic rings. The zero-order valence-electron chi connectivity index (χ0n) is 12.2. The molecule has 0 unspecified atom stereocenters. The van der Waals surface area contributed by atoms with Gasteiger partial charge in [0.2, 0.25) is 5.95 Å². The molecular formula is C15H15N5O2. The zero-order valence-corrected chi connectivity index (χ0v) is 12.2. The van der Waals surface area contributed by atoms with Gasteiger partial charge in [-0.25, -0.2) is 9.67 Å². The number of fused-ring (bicyclic) bond motifs is 1. The van der Waals surface area contributed by atoms with Crippen LogP contribution in [-0.2, 0) is 4.79 Å². The molecule has 0 saturated carbocycles. The Morgan fingerprint density at radius 2 is 2.05 bits per heavy atom. The van der Waals surface area contributed by atoms with E-state index >= 15 is 0 Å². The van der Waals surface area contributed by atoms with Gasteiger partial charge in [0.1, 0.15) is 6.04 Å². The number of amides is 1. The second-order valence-electron chi connectivity index (χ2n) is 5.03. The molecule has 0 aliphatic rings. The minimum atomic E-state index is -0.736. The second kappa shape index (κ2) is 5.44. The molecule has 1 atom stereocenters. The van der Waals surface area contributed by atoms with Gasteiger partial charge in [-0.1, -0.05) is 12.1 Å². The summed E-state index contributed by atoms with van der Waals surface area (Å²) in [4.78, 5) is 31.4. The normalized spacial score (nSPS) is 12.3. The lowest BCUT2D eigenvalue weighted by Gasteiger charge is -2.13. The smallest absolute Gasteiger partial charge is 0.267 e. The van der Waals surface area contributed by atoms with Crippen molar-refractivity contribution in [3.8, 4) is 0 Å². The maximum atomic E-state index is 12.3. The van der Waals surface area contributed by atoms with Gasteiger partial charge in [0, 0.05) is 6.07 Å². The molecular weight excluding hydrogens is 282 g/mol. The third-order valence-corrected chi connectivity index (χ3v) is 3.34. The Balaban J connectivity index is 1.84. The fourth-order valence-electron chi connectivity index (χ4n) is 2.14. The van der Waals surface area contributed by atoms with E-state index in [1.165, 1.54) is 6.07 Å². The number of nitrogens with zero attached hydrogens (tertiary/aromatic N) is 3. The lowest BCUT2D eigenvalue weighted by molar-refractivity contribution is -0.119. The third-order valence-electron chi connectivity index (χ3n) is 3.34. The van der Waals surface area contributed by atoms with Crippen LogP contribution in [0.5, 0.6) is 0 Å². The molecule has 7 heteroatoms. The number of rotatable bonds is 3. The minimum absolute atomic E-state index is 0.321. The topological polar surface area (TPSA) is 92.7 Å². The molecule has 0 aliphatic carbocycles. The Morgan fingerprint density at radius 1 is 1.27 bits per heavy atom. The van der Waals surface area contributed by atoms with E-state index in [0.717, 1.165) is 15.7 Å². The number of carbonyl (C=O) groups excluding carboxylic acids is 1. The molecule has 0 fully saturated rings. The number of carbonyl (C=O) groups is 1. The monoisotopic (exact) mass is 297 g/mol. The molecule has 0 radical (unpaired) electrons. The van der Waals surface area contributed by atoms with E-state index in [-0.39, 0.29) is 11.5 Å². The van der Waals surface area contributed by atoms with Crippen LogP contribution >= 0.6 is 0 Å². The van der Waals surface area contributed by atoms with Crippen molar-refractivity contribution in [3.05, 3.63) is 52.4 Å². The molecule has 1 amide bonds. The van der Waals surface area contributed by atoms with Crippen LogP contribution in [0.15, 0.2) is 41.2 Å². The SMILES string of the molecule is Cc1ccc(=O)n([C@H](C)C(=O)Nc2nc3ccccc3[nH]2)n1. The van der Waals surface area contributed by atoms with Gasteiger partial charge in [0.25, 0.3) is 11.5 Å². The van der Waals surface area contributed by atoms with Gasteiger partial charge >= 0.3 is 0 Å². The Labute approximate surface area is 126 Å². The highest BCUT2D eigenvalue weighted by atomic mass is 16.2. The average molecular weight is 297 g/mol. The summed E-state index contributed by atoms with van der Waals surface area (Å²) in [5.74, 6) is -0.0157. The van der Waals surface area contributed by atoms with Gasteiger partial charge in [0.05, 0.1) is 16.7 Å². The van der Waals surface area contributed by atoms with Gasteiger partial charge in [-0.2, -0.15) is 5.10 Å². The molecule has 0 aliphatic heterocycles. The van der Waals surface area contributed by atoms with Crippen molar-refractivity contribution in [3.63, 3.8) is 0 Å². The highest BCUT2D eigenvalue weighted by molar-refractivity contribution is 5.93. The summed E-state index contributed by atoms with van der Waals surface area (Å²) in [6.07, 6.45) is 0. The number of benzene rings is 1. The first kappa shape index (κ1) is 14.0. The molecule has 0 saturated heterocycles. The Morgan fingerprint density at radius 3 is 2.82 bits per heavy atom. The predicted octanol–water partition coefficient (Wildman–Crippen LogP) is 1.63. The summed E-state index contributed by atoms with van der Waals surface area (Å²) < 4.78 is 1.16. The first-order valence-electron chi connectivity index (χ1n) is 6.86. The first-order valence-corrected chi connectivity index (χ1v) is 6.86. The van der Waals surface area contributed by atoms with Crippen molar-refractivity contribution in [2.75, 3.05) is 5.32 Å². The summed E-state index contributed by atoms with van der Waals surface area (Å²) in [7, 11) is 0. The predicted molar refractivity (Wildman–Crippen MR) is 82.7 cm³/mol. The number of nitrogens with one attached hydrogen (secondary N) is 2. The standard InChI is InChI=1S/C15H15N5O2/c1-9-7-8-13(21)20(19-9)10(2)14(22)18-15-16-11-5-3-4-6-12(11)17-15/h3-8,10H,1-2H3,(H2,16,17,18,22)/t10-/m1/s1. The molecule has 2 aromatic heterocycles. The molecule has 0 bridgehead atoms. The van der Waals surface area contributed by atoms with E-state index < -0.39 is 6.04 Å². The average Bonchev–Trinajstić information content (AvgIpc) is 2.91. The van der Waals surface area contributed by atoms with Gasteiger partial charge in [-0.15, -0.1) is 0 Å². The van der Waals surface area contributed by atoms with Crippen molar-refractivity contribution in [1.82, 2.24) is 19.7 Å². The number of aromatic nitrogens is 4. The van der Waals surface area contributed by atoms with Crippen LogP contribution in [-0.4, -0.2) is 25.7 Å². The number of para-hydroxylation sites is 2. The lowest BCUT2D eigenvalue weighted by Crippen LogP contribution is -2.33. The van der Waals surface area contributed by atoms with Gasteiger partial charge in [-0.05, 0) is 32.0 Å². The number of anilines is 1. The van der Waals surface area contributed by atoms with Crippen LogP contribution in [0.2, 0.25) is 0 Å². The molecule has 7 nitrogen and oxygen atoms in total. The van der Waals surface area contributed by atoms with E-state index in [0.29, 0.717) is 11.6 Å². The fourth-order valence-corrected chi connectivity index (χ4v) is 2.14. The molecule has 1 aromatic carbocycles. The molecule has 22 heavy (non-hydrogen) atoms. The maximum Gasteiger partial charge on any atom is 0.267 e. The van der Waals surface area contributed by atoms with Crippen molar-refractivity contribution < 1.29 is 4.79 Å². The molecule has 112 valence electrons. The number of hydrogen-bond donors (Lipinski definition) is 2. The summed E-state index contributed by atoms with van der Waals surface area (Å²) in [5.41, 5.74) is 1.94. The van der Waals surface area contributed by atoms with Crippen LogP contribution in [0.25, 0.3) is 11.0 Å². The van der Waals surface area contributed by atoms with Crippen molar-refractivity contribution >= 4 is 22.9 Å². The number of imidazole rings is 1. The van der Waals surface area contributed by atoms with Crippen LogP contribution in [0.3, 0.4) is 0 Å². The largest absolute Gasteiger partial charge is 0.324 e. The van der Waals surface area contributed by atoms with Gasteiger partial charge in [0.15, 0.2) is 0 Å². The van der Waals surface area contributed by atoms with Crippen LogP contribution < -0.4 is 10.9 Å². The minimum Gasteiger partial charge on any atom is -0.324 e. The van der Waals surface area contributed by atoms with Crippen molar-refractivity contribution in [2.24, 2.45) is 0 Å². The van der Waals surface area contributed by atoms with Crippen molar-refractivity contribution in [1.29, 1.82) is 0 Å². The van der Waals surface area contributed by atoms with E-state index in [4.69, 9.17) is 0 Å². The van der Waals surface area contributed by atoms with E-state index in [9.17, 15) is 9.59 Å². The highest BCUT2D eigenvalue weighted by Crippen LogP contribution is 2.14. The molecule has 2 heterocycles. The van der Waals surface area contributed by atoms with Gasteiger partial charge < -0.3 is 4.98 Å². The number of hydrogen-bond acceptors (Lipinski definition) is 4. The zero-order chi connectivity index (χ0) is 15.7. The number of aryl methyl sites for hydroxylation is 1. The van der Waals surface area contributed by atoms with E-state index in [1.807, 2.05) is 24.3 Å². The number of aromatic amines is 1. The van der Waals surface area contributed by atoms with Crippen LogP contribution in [0.1, 0.15) is 18.7 Å². The quantitative estimate of drug-likeness (QED) is 0.768. The first-order chi connectivity index (χ1) is 10.5. The number of H-pyrrole nitrogens is 1. The fraction of sp³-hybridized carbons (Fsp3) is 0.200. The van der Waals surface area contributed by atoms with Gasteiger partial charge in [-0.3, -0.25) is 14.9 Å².